The van der Waals surface area contributed by atoms with Crippen molar-refractivity contribution in [3.05, 3.63) is 34.3 Å². The first-order valence-electron chi connectivity index (χ1n) is 6.32. The fraction of sp³-hybridized carbons (Fsp3) is 0.571. The van der Waals surface area contributed by atoms with E-state index >= 15 is 0 Å². The Morgan fingerprint density at radius 1 is 0.938 bits per heavy atom. The highest BCUT2D eigenvalue weighted by Gasteiger charge is 2.43. The van der Waals surface area contributed by atoms with Gasteiger partial charge in [-0.25, -0.2) is 0 Å². The molecule has 16 heavy (non-hydrogen) atoms. The smallest absolute Gasteiger partial charge is 0.0461 e. The van der Waals surface area contributed by atoms with Crippen LogP contribution in [-0.4, -0.2) is 18.0 Å². The summed E-state index contributed by atoms with van der Waals surface area (Å²) >= 11 is 3.53. The van der Waals surface area contributed by atoms with E-state index in [1.54, 1.807) is 0 Å². The van der Waals surface area contributed by atoms with Crippen LogP contribution in [0.25, 0.3) is 0 Å². The van der Waals surface area contributed by atoms with Crippen molar-refractivity contribution in [3.8, 4) is 0 Å². The molecule has 2 heterocycles. The van der Waals surface area contributed by atoms with Crippen molar-refractivity contribution in [1.29, 1.82) is 0 Å². The molecule has 86 valence electrons. The minimum atomic E-state index is 0.388. The minimum absolute atomic E-state index is 0.388. The van der Waals surface area contributed by atoms with Crippen LogP contribution >= 0.6 is 15.9 Å². The van der Waals surface area contributed by atoms with Gasteiger partial charge in [-0.2, -0.15) is 0 Å². The monoisotopic (exact) mass is 279 g/mol. The lowest BCUT2D eigenvalue weighted by molar-refractivity contribution is 0.0885. The quantitative estimate of drug-likeness (QED) is 0.753. The number of halogens is 1. The Labute approximate surface area is 106 Å². The fourth-order valence-corrected chi connectivity index (χ4v) is 3.76. The van der Waals surface area contributed by atoms with Gasteiger partial charge in [-0.1, -0.05) is 28.1 Å². The zero-order valence-electron chi connectivity index (χ0n) is 9.58. The largest absolute Gasteiger partial charge is 0.294 e. The molecule has 0 bridgehead atoms. The molecule has 2 fully saturated rings. The predicted octanol–water partition coefficient (Wildman–Crippen LogP) is 3.92. The van der Waals surface area contributed by atoms with Crippen LogP contribution in [0.15, 0.2) is 28.7 Å². The molecule has 2 heteroatoms. The number of hydrogen-bond acceptors (Lipinski definition) is 1. The molecular formula is C14H18BrN. The molecule has 0 aliphatic carbocycles. The number of fused-ring (bicyclic) bond motifs is 1. The van der Waals surface area contributed by atoms with Crippen molar-refractivity contribution in [2.24, 2.45) is 0 Å². The van der Waals surface area contributed by atoms with Crippen LogP contribution in [-0.2, 0) is 5.54 Å². The van der Waals surface area contributed by atoms with E-state index in [0.717, 1.165) is 0 Å². The Balaban J connectivity index is 1.98. The topological polar surface area (TPSA) is 3.24 Å². The van der Waals surface area contributed by atoms with Crippen LogP contribution in [0.4, 0.5) is 0 Å². The number of nitrogens with zero attached hydrogens (tertiary/aromatic N) is 1. The molecule has 2 aliphatic rings. The maximum absolute atomic E-state index is 3.53. The average molecular weight is 280 g/mol. The van der Waals surface area contributed by atoms with Gasteiger partial charge >= 0.3 is 0 Å². The second kappa shape index (κ2) is 4.15. The zero-order chi connectivity index (χ0) is 11.0. The van der Waals surface area contributed by atoms with Gasteiger partial charge in [0.25, 0.3) is 0 Å². The van der Waals surface area contributed by atoms with Crippen LogP contribution in [0.1, 0.15) is 37.7 Å². The fourth-order valence-electron chi connectivity index (χ4n) is 3.49. The molecule has 0 N–H and O–H groups in total. The minimum Gasteiger partial charge on any atom is -0.294 e. The molecule has 1 aromatic rings. The Kier molecular flexibility index (Phi) is 2.80. The maximum atomic E-state index is 3.53. The second-order valence-electron chi connectivity index (χ2n) is 5.09. The van der Waals surface area contributed by atoms with Gasteiger partial charge in [0.1, 0.15) is 0 Å². The summed E-state index contributed by atoms with van der Waals surface area (Å²) in [4.78, 5) is 2.72. The highest BCUT2D eigenvalue weighted by atomic mass is 79.9. The Bertz CT molecular complexity index is 373. The molecule has 1 nitrogen and oxygen atoms in total. The number of rotatable bonds is 1. The van der Waals surface area contributed by atoms with E-state index in [2.05, 4.69) is 45.1 Å². The van der Waals surface area contributed by atoms with Gasteiger partial charge in [-0.15, -0.1) is 0 Å². The summed E-state index contributed by atoms with van der Waals surface area (Å²) in [6, 6.07) is 9.01. The molecule has 0 spiro atoms. The lowest BCUT2D eigenvalue weighted by Crippen LogP contribution is -2.44. The molecule has 0 amide bonds. The van der Waals surface area contributed by atoms with Crippen molar-refractivity contribution >= 4 is 15.9 Å². The number of hydrogen-bond donors (Lipinski definition) is 0. The van der Waals surface area contributed by atoms with Gasteiger partial charge in [-0.3, -0.25) is 4.90 Å². The van der Waals surface area contributed by atoms with Crippen molar-refractivity contribution in [2.75, 3.05) is 13.1 Å². The normalized spacial score (nSPS) is 30.3. The van der Waals surface area contributed by atoms with Crippen molar-refractivity contribution in [1.82, 2.24) is 4.90 Å². The first-order chi connectivity index (χ1) is 7.81. The van der Waals surface area contributed by atoms with E-state index in [4.69, 9.17) is 0 Å². The number of piperidine rings is 1. The van der Waals surface area contributed by atoms with Crippen LogP contribution in [0.3, 0.4) is 0 Å². The van der Waals surface area contributed by atoms with Crippen LogP contribution in [0.2, 0.25) is 0 Å². The van der Waals surface area contributed by atoms with E-state index in [1.165, 1.54) is 55.2 Å². The van der Waals surface area contributed by atoms with Crippen molar-refractivity contribution in [3.63, 3.8) is 0 Å². The summed E-state index contributed by atoms with van der Waals surface area (Å²) < 4.78 is 1.19. The highest BCUT2D eigenvalue weighted by molar-refractivity contribution is 9.10. The Morgan fingerprint density at radius 2 is 1.62 bits per heavy atom. The summed E-state index contributed by atoms with van der Waals surface area (Å²) in [5, 5.41) is 0. The first kappa shape index (κ1) is 10.8. The molecule has 0 radical (unpaired) electrons. The number of benzene rings is 1. The van der Waals surface area contributed by atoms with Gasteiger partial charge in [-0.05, 0) is 62.9 Å². The van der Waals surface area contributed by atoms with E-state index in [9.17, 15) is 0 Å². The standard InChI is InChI=1S/C14H18BrN/c15-13-6-4-12(5-7-13)14-8-1-2-10-16(14)11-3-9-14/h4-7H,1-3,8-11H2. The van der Waals surface area contributed by atoms with Crippen molar-refractivity contribution in [2.45, 2.75) is 37.6 Å². The third-order valence-electron chi connectivity index (χ3n) is 4.27. The third-order valence-corrected chi connectivity index (χ3v) is 4.80. The molecule has 1 aromatic carbocycles. The van der Waals surface area contributed by atoms with Gasteiger partial charge in [0.2, 0.25) is 0 Å². The molecule has 2 aliphatic heterocycles. The van der Waals surface area contributed by atoms with E-state index in [1.807, 2.05) is 0 Å². The SMILES string of the molecule is Brc1ccc(C23CCCCN2CCC3)cc1. The van der Waals surface area contributed by atoms with E-state index in [-0.39, 0.29) is 0 Å². The lowest BCUT2D eigenvalue weighted by atomic mass is 9.80. The lowest BCUT2D eigenvalue weighted by Gasteiger charge is -2.43. The maximum Gasteiger partial charge on any atom is 0.0461 e. The molecule has 0 saturated carbocycles. The second-order valence-corrected chi connectivity index (χ2v) is 6.00. The molecule has 2 saturated heterocycles. The van der Waals surface area contributed by atoms with Crippen LogP contribution in [0.5, 0.6) is 0 Å². The first-order valence-corrected chi connectivity index (χ1v) is 7.12. The molecule has 1 atom stereocenters. The molecular weight excluding hydrogens is 262 g/mol. The van der Waals surface area contributed by atoms with Gasteiger partial charge < -0.3 is 0 Å². The highest BCUT2D eigenvalue weighted by Crippen LogP contribution is 2.45. The molecule has 3 rings (SSSR count). The van der Waals surface area contributed by atoms with Gasteiger partial charge in [0.05, 0.1) is 0 Å². The summed E-state index contributed by atoms with van der Waals surface area (Å²) in [6.45, 7) is 2.60. The van der Waals surface area contributed by atoms with Crippen LogP contribution in [0, 0.1) is 0 Å². The zero-order valence-corrected chi connectivity index (χ0v) is 11.2. The predicted molar refractivity (Wildman–Crippen MR) is 70.5 cm³/mol. The Morgan fingerprint density at radius 3 is 2.44 bits per heavy atom. The Hall–Kier alpha value is -0.340. The van der Waals surface area contributed by atoms with Crippen molar-refractivity contribution < 1.29 is 0 Å². The third kappa shape index (κ3) is 1.63. The summed E-state index contributed by atoms with van der Waals surface area (Å²) in [5.74, 6) is 0. The van der Waals surface area contributed by atoms with Crippen LogP contribution < -0.4 is 0 Å². The van der Waals surface area contributed by atoms with Gasteiger partial charge in [0, 0.05) is 10.0 Å². The van der Waals surface area contributed by atoms with E-state index < -0.39 is 0 Å². The summed E-state index contributed by atoms with van der Waals surface area (Å²) in [5.41, 5.74) is 1.92. The van der Waals surface area contributed by atoms with E-state index in [0.29, 0.717) is 5.54 Å². The summed E-state index contributed by atoms with van der Waals surface area (Å²) in [7, 11) is 0. The summed E-state index contributed by atoms with van der Waals surface area (Å²) in [6.07, 6.45) is 6.87. The molecule has 1 unspecified atom stereocenters. The molecule has 0 aromatic heterocycles. The average Bonchev–Trinajstić information content (AvgIpc) is 2.74. The van der Waals surface area contributed by atoms with Gasteiger partial charge in [0.15, 0.2) is 0 Å².